The third kappa shape index (κ3) is 4.38. The van der Waals surface area contributed by atoms with Crippen LogP contribution in [0, 0.1) is 0 Å². The molecule has 144 valence electrons. The molecule has 0 N–H and O–H groups in total. The lowest BCUT2D eigenvalue weighted by Crippen LogP contribution is -1.98. The monoisotopic (exact) mass is 384 g/mol. The van der Waals surface area contributed by atoms with Crippen LogP contribution in [0.4, 0.5) is 0 Å². The van der Waals surface area contributed by atoms with Gasteiger partial charge in [-0.2, -0.15) is 0 Å². The number of carbonyl (C=O) groups is 1. The molecule has 0 bridgehead atoms. The number of ketones is 1. The minimum absolute atomic E-state index is 0.191. The lowest BCUT2D eigenvalue weighted by molar-refractivity contribution is 0.102. The highest BCUT2D eigenvalue weighted by Gasteiger charge is 2.10. The summed E-state index contributed by atoms with van der Waals surface area (Å²) in [6.07, 6.45) is 3.24. The summed E-state index contributed by atoms with van der Waals surface area (Å²) in [7, 11) is 1.60. The van der Waals surface area contributed by atoms with Gasteiger partial charge in [-0.3, -0.25) is 4.79 Å². The maximum Gasteiger partial charge on any atom is 0.221 e. The van der Waals surface area contributed by atoms with Gasteiger partial charge in [0.15, 0.2) is 17.3 Å². The van der Waals surface area contributed by atoms with E-state index < -0.39 is 0 Å². The maximum absolute atomic E-state index is 12.5. The first kappa shape index (κ1) is 18.6. The normalized spacial score (nSPS) is 11.1. The summed E-state index contributed by atoms with van der Waals surface area (Å²) in [5.41, 5.74) is 2.60. The topological polar surface area (TPSA) is 48.7 Å². The molecule has 0 atom stereocenters. The van der Waals surface area contributed by atoms with E-state index in [9.17, 15) is 4.79 Å². The molecule has 1 aromatic heterocycles. The minimum Gasteiger partial charge on any atom is -0.493 e. The Morgan fingerprint density at radius 1 is 0.931 bits per heavy atom. The van der Waals surface area contributed by atoms with Gasteiger partial charge in [-0.25, -0.2) is 0 Å². The second kappa shape index (κ2) is 8.48. The molecular weight excluding hydrogens is 364 g/mol. The molecule has 0 spiro atoms. The molecule has 0 amide bonds. The van der Waals surface area contributed by atoms with E-state index in [1.807, 2.05) is 72.8 Å². The van der Waals surface area contributed by atoms with Crippen molar-refractivity contribution < 1.29 is 18.7 Å². The van der Waals surface area contributed by atoms with E-state index >= 15 is 0 Å². The third-order valence-corrected chi connectivity index (χ3v) is 4.52. The predicted octanol–water partition coefficient (Wildman–Crippen LogP) is 5.92. The number of allylic oxidation sites excluding steroid dienone is 1. The zero-order valence-corrected chi connectivity index (χ0v) is 16.0. The number of ether oxygens (including phenoxy) is 2. The van der Waals surface area contributed by atoms with E-state index in [1.54, 1.807) is 19.3 Å². The van der Waals surface area contributed by atoms with Crippen LogP contribution >= 0.6 is 0 Å². The molecule has 29 heavy (non-hydrogen) atoms. The Labute approximate surface area is 169 Å². The molecule has 0 aliphatic carbocycles. The van der Waals surface area contributed by atoms with Crippen molar-refractivity contribution in [3.8, 4) is 11.5 Å². The van der Waals surface area contributed by atoms with Crippen molar-refractivity contribution in [3.05, 3.63) is 102 Å². The number of furan rings is 1. The van der Waals surface area contributed by atoms with E-state index in [4.69, 9.17) is 13.9 Å². The minimum atomic E-state index is -0.191. The molecule has 4 rings (SSSR count). The number of benzene rings is 3. The molecule has 0 saturated heterocycles. The van der Waals surface area contributed by atoms with Crippen LogP contribution in [0.15, 0.2) is 89.4 Å². The van der Waals surface area contributed by atoms with Crippen LogP contribution in [-0.4, -0.2) is 12.9 Å². The molecule has 0 fully saturated rings. The smallest absolute Gasteiger partial charge is 0.221 e. The van der Waals surface area contributed by atoms with Crippen LogP contribution in [-0.2, 0) is 6.61 Å². The van der Waals surface area contributed by atoms with Crippen LogP contribution in [0.5, 0.6) is 11.5 Å². The number of para-hydroxylation sites is 1. The zero-order valence-electron chi connectivity index (χ0n) is 16.0. The molecule has 1 heterocycles. The van der Waals surface area contributed by atoms with Crippen molar-refractivity contribution in [2.24, 2.45) is 0 Å². The van der Waals surface area contributed by atoms with Gasteiger partial charge >= 0.3 is 0 Å². The number of carbonyl (C=O) groups excluding carboxylic acids is 1. The van der Waals surface area contributed by atoms with Gasteiger partial charge in [0.25, 0.3) is 0 Å². The molecule has 0 radical (unpaired) electrons. The summed E-state index contributed by atoms with van der Waals surface area (Å²) in [6, 6.07) is 24.8. The van der Waals surface area contributed by atoms with E-state index in [0.717, 1.165) is 16.5 Å². The second-order valence-corrected chi connectivity index (χ2v) is 6.53. The van der Waals surface area contributed by atoms with Crippen LogP contribution in [0.25, 0.3) is 17.0 Å². The lowest BCUT2D eigenvalue weighted by atomic mass is 10.1. The number of hydrogen-bond donors (Lipinski definition) is 0. The van der Waals surface area contributed by atoms with Crippen molar-refractivity contribution in [3.63, 3.8) is 0 Å². The first-order chi connectivity index (χ1) is 14.2. The number of hydrogen-bond acceptors (Lipinski definition) is 4. The Balaban J connectivity index is 1.51. The van der Waals surface area contributed by atoms with Crippen LogP contribution in [0.1, 0.15) is 21.7 Å². The second-order valence-electron chi connectivity index (χ2n) is 6.53. The first-order valence-corrected chi connectivity index (χ1v) is 9.29. The summed E-state index contributed by atoms with van der Waals surface area (Å²) in [4.78, 5) is 12.5. The van der Waals surface area contributed by atoms with Gasteiger partial charge in [0.05, 0.1) is 7.11 Å². The summed E-state index contributed by atoms with van der Waals surface area (Å²) in [5, 5.41) is 0.908. The fraction of sp³-hybridized carbons (Fsp3) is 0.0800. The SMILES string of the molecule is COc1ccc(C=CC(=O)c2cc3ccccc3o2)cc1OCc1ccccc1. The molecular formula is C25H20O4. The Morgan fingerprint density at radius 3 is 2.52 bits per heavy atom. The fourth-order valence-corrected chi connectivity index (χ4v) is 3.00. The van der Waals surface area contributed by atoms with Crippen molar-refractivity contribution in [2.75, 3.05) is 7.11 Å². The Kier molecular flexibility index (Phi) is 5.43. The molecule has 4 aromatic rings. The maximum atomic E-state index is 12.5. The van der Waals surface area contributed by atoms with Crippen molar-refractivity contribution >= 4 is 22.8 Å². The average molecular weight is 384 g/mol. The number of methoxy groups -OCH3 is 1. The highest BCUT2D eigenvalue weighted by Crippen LogP contribution is 2.29. The van der Waals surface area contributed by atoms with E-state index in [2.05, 4.69) is 0 Å². The third-order valence-electron chi connectivity index (χ3n) is 4.52. The van der Waals surface area contributed by atoms with Gasteiger partial charge in [-0.15, -0.1) is 0 Å². The molecule has 4 nitrogen and oxygen atoms in total. The predicted molar refractivity (Wildman–Crippen MR) is 113 cm³/mol. The number of rotatable bonds is 7. The Bertz CT molecular complexity index is 1120. The molecule has 3 aromatic carbocycles. The fourth-order valence-electron chi connectivity index (χ4n) is 3.00. The quantitative estimate of drug-likeness (QED) is 0.293. The molecule has 0 unspecified atom stereocenters. The van der Waals surface area contributed by atoms with Crippen molar-refractivity contribution in [1.82, 2.24) is 0 Å². The van der Waals surface area contributed by atoms with Crippen LogP contribution in [0.3, 0.4) is 0 Å². The molecule has 0 aliphatic rings. The van der Waals surface area contributed by atoms with E-state index in [0.29, 0.717) is 29.4 Å². The van der Waals surface area contributed by atoms with Crippen molar-refractivity contribution in [2.45, 2.75) is 6.61 Å². The highest BCUT2D eigenvalue weighted by atomic mass is 16.5. The number of fused-ring (bicyclic) bond motifs is 1. The summed E-state index contributed by atoms with van der Waals surface area (Å²) in [6.45, 7) is 0.433. The molecule has 0 saturated carbocycles. The standard InChI is InChI=1S/C25H20O4/c1-27-23-14-12-18(15-25(23)28-17-19-7-3-2-4-8-19)11-13-21(26)24-16-20-9-5-6-10-22(20)29-24/h2-16H,17H2,1H3. The zero-order chi connectivity index (χ0) is 20.1. The Morgan fingerprint density at radius 2 is 1.72 bits per heavy atom. The molecule has 0 aliphatic heterocycles. The van der Waals surface area contributed by atoms with E-state index in [1.165, 1.54) is 6.08 Å². The summed E-state index contributed by atoms with van der Waals surface area (Å²) in [5.74, 6) is 1.39. The van der Waals surface area contributed by atoms with Gasteiger partial charge < -0.3 is 13.9 Å². The van der Waals surface area contributed by atoms with E-state index in [-0.39, 0.29) is 5.78 Å². The highest BCUT2D eigenvalue weighted by molar-refractivity contribution is 6.07. The van der Waals surface area contributed by atoms with Gasteiger partial charge in [0.2, 0.25) is 5.78 Å². The average Bonchev–Trinajstić information content (AvgIpc) is 3.21. The van der Waals surface area contributed by atoms with Gasteiger partial charge in [-0.1, -0.05) is 60.7 Å². The molecule has 4 heteroatoms. The summed E-state index contributed by atoms with van der Waals surface area (Å²) >= 11 is 0. The lowest BCUT2D eigenvalue weighted by Gasteiger charge is -2.11. The first-order valence-electron chi connectivity index (χ1n) is 9.29. The van der Waals surface area contributed by atoms with Crippen molar-refractivity contribution in [1.29, 1.82) is 0 Å². The van der Waals surface area contributed by atoms with Gasteiger partial charge in [-0.05, 0) is 41.5 Å². The van der Waals surface area contributed by atoms with Gasteiger partial charge in [0, 0.05) is 5.39 Å². The van der Waals surface area contributed by atoms with Gasteiger partial charge in [0.1, 0.15) is 12.2 Å². The summed E-state index contributed by atoms with van der Waals surface area (Å²) < 4.78 is 16.9. The largest absolute Gasteiger partial charge is 0.493 e. The Hall–Kier alpha value is -3.79. The van der Waals surface area contributed by atoms with Crippen LogP contribution < -0.4 is 9.47 Å². The van der Waals surface area contributed by atoms with Crippen LogP contribution in [0.2, 0.25) is 0 Å².